The Morgan fingerprint density at radius 1 is 1.12 bits per heavy atom. The molecule has 0 saturated heterocycles. The predicted molar refractivity (Wildman–Crippen MR) is 152 cm³/mol. The van der Waals surface area contributed by atoms with Crippen molar-refractivity contribution in [3.05, 3.63) is 57.1 Å². The summed E-state index contributed by atoms with van der Waals surface area (Å²) in [5.74, 6) is -11.4. The molecule has 0 radical (unpaired) electrons. The zero-order valence-electron chi connectivity index (χ0n) is 24.4. The van der Waals surface area contributed by atoms with Crippen LogP contribution in [0.4, 0.5) is 5.69 Å². The van der Waals surface area contributed by atoms with Gasteiger partial charge in [0.1, 0.15) is 5.75 Å². The summed E-state index contributed by atoms with van der Waals surface area (Å²) in [7, 11) is 3.03. The van der Waals surface area contributed by atoms with Gasteiger partial charge in [-0.05, 0) is 61.0 Å². The van der Waals surface area contributed by atoms with E-state index >= 15 is 0 Å². The van der Waals surface area contributed by atoms with Crippen LogP contribution in [0.15, 0.2) is 30.3 Å². The highest BCUT2D eigenvalue weighted by molar-refractivity contribution is 6.32. The van der Waals surface area contributed by atoms with Crippen LogP contribution in [0.3, 0.4) is 0 Å². The van der Waals surface area contributed by atoms with Crippen LogP contribution in [0, 0.1) is 33.8 Å². The van der Waals surface area contributed by atoms with E-state index in [-0.39, 0.29) is 29.8 Å². The average Bonchev–Trinajstić information content (AvgIpc) is 2.89. The first-order valence-corrected chi connectivity index (χ1v) is 13.9. The van der Waals surface area contributed by atoms with Gasteiger partial charge in [0, 0.05) is 23.6 Å². The number of aliphatic hydroxyl groups is 1. The lowest BCUT2D eigenvalue weighted by Crippen LogP contribution is -2.74. The van der Waals surface area contributed by atoms with Crippen molar-refractivity contribution < 1.29 is 39.1 Å². The van der Waals surface area contributed by atoms with Crippen LogP contribution in [0.1, 0.15) is 48.7 Å². The van der Waals surface area contributed by atoms with E-state index in [9.17, 15) is 44.3 Å². The quantitative estimate of drug-likeness (QED) is 0.267. The third-order valence-electron chi connectivity index (χ3n) is 9.24. The number of phenolic OH excluding ortho intramolecular Hbond substituents is 1. The fourth-order valence-electron chi connectivity index (χ4n) is 7.29. The number of fused-ring (bicyclic) bond motifs is 3. The number of rotatable bonds is 4. The topological polar surface area (TPSA) is 198 Å². The van der Waals surface area contributed by atoms with E-state index in [1.807, 2.05) is 20.8 Å². The molecular weight excluding hydrogens is 558 g/mol. The van der Waals surface area contributed by atoms with Crippen molar-refractivity contribution in [2.24, 2.45) is 29.4 Å². The van der Waals surface area contributed by atoms with Crippen molar-refractivity contribution in [3.63, 3.8) is 0 Å². The maximum atomic E-state index is 14.3. The first-order valence-electron chi connectivity index (χ1n) is 13.9. The lowest BCUT2D eigenvalue weighted by Gasteiger charge is -2.52. The minimum absolute atomic E-state index is 0.0435. The number of phenols is 1. The summed E-state index contributed by atoms with van der Waals surface area (Å²) >= 11 is 0. The molecule has 2 aromatic carbocycles. The van der Waals surface area contributed by atoms with Gasteiger partial charge in [-0.15, -0.1) is 0 Å². The van der Waals surface area contributed by atoms with Gasteiger partial charge in [-0.25, -0.2) is 0 Å². The smallest absolute Gasteiger partial charge is 0.270 e. The third-order valence-corrected chi connectivity index (χ3v) is 9.24. The first-order chi connectivity index (χ1) is 19.9. The van der Waals surface area contributed by atoms with Gasteiger partial charge in [0.05, 0.1) is 22.4 Å². The van der Waals surface area contributed by atoms with Crippen LogP contribution in [0.5, 0.6) is 5.75 Å². The maximum Gasteiger partial charge on any atom is 0.270 e. The standard InChI is InChI=1S/C31H33N3O9/c1-30(2,3)19-12-16(13-7-6-8-15(9-13)34(42)43)17-10-14-11-18-23(33(4)5)26(37)22(29(32)40)28(39)31(18,41)27(38)20(14)25(36)21(17)24(19)35/h6-9,12,14,18,20,22-23,35,41H,10-11H2,1-5H3,(H2,32,40)/t14-,18-,20?,22?,23-,31-/m1/s1. The number of Topliss-reactive ketones (excluding diaryl/α,β-unsaturated/α-hetero) is 4. The number of hydrogen-bond donors (Lipinski definition) is 3. The highest BCUT2D eigenvalue weighted by atomic mass is 16.6. The van der Waals surface area contributed by atoms with Gasteiger partial charge in [0.15, 0.2) is 34.7 Å². The minimum Gasteiger partial charge on any atom is -0.507 e. The second-order valence-electron chi connectivity index (χ2n) is 13.0. The number of carbonyl (C=O) groups is 5. The molecule has 2 aromatic rings. The molecule has 0 spiro atoms. The van der Waals surface area contributed by atoms with Crippen LogP contribution in [-0.2, 0) is 31.0 Å². The van der Waals surface area contributed by atoms with E-state index in [0.717, 1.165) is 0 Å². The number of likely N-dealkylation sites (N-methyl/N-ethyl adjacent to an activating group) is 1. The van der Waals surface area contributed by atoms with E-state index < -0.39 is 74.7 Å². The number of carbonyl (C=O) groups excluding carboxylic acids is 5. The summed E-state index contributed by atoms with van der Waals surface area (Å²) in [6, 6.07) is 6.34. The molecule has 3 aliphatic carbocycles. The minimum atomic E-state index is -2.82. The molecule has 6 atom stereocenters. The number of benzene rings is 2. The second kappa shape index (κ2) is 9.88. The lowest BCUT2D eigenvalue weighted by molar-refractivity contribution is -0.384. The SMILES string of the molecule is CN(C)[C@H]1C(=O)C(C(N)=O)C(=O)[C@]2(O)C(=O)C3C(=O)c4c(O)c(C(C)(C)C)cc(-c5cccc([N+](=O)[O-])c5)c4C[C@@H]3C[C@H]12. The Morgan fingerprint density at radius 3 is 2.33 bits per heavy atom. The monoisotopic (exact) mass is 591 g/mol. The molecule has 0 aliphatic heterocycles. The number of ketones is 4. The summed E-state index contributed by atoms with van der Waals surface area (Å²) in [4.78, 5) is 79.8. The van der Waals surface area contributed by atoms with E-state index in [4.69, 9.17) is 5.73 Å². The van der Waals surface area contributed by atoms with E-state index in [1.54, 1.807) is 12.1 Å². The Hall–Kier alpha value is -4.29. The fourth-order valence-corrected chi connectivity index (χ4v) is 7.29. The number of amides is 1. The van der Waals surface area contributed by atoms with E-state index in [2.05, 4.69) is 0 Å². The Morgan fingerprint density at radius 2 is 1.77 bits per heavy atom. The molecule has 5 rings (SSSR count). The average molecular weight is 592 g/mol. The molecule has 12 nitrogen and oxygen atoms in total. The fraction of sp³-hybridized carbons (Fsp3) is 0.452. The number of aromatic hydroxyl groups is 1. The maximum absolute atomic E-state index is 14.3. The molecule has 3 aliphatic rings. The van der Waals surface area contributed by atoms with Gasteiger partial charge in [-0.2, -0.15) is 0 Å². The highest BCUT2D eigenvalue weighted by Gasteiger charge is 2.69. The number of nitro benzene ring substituents is 1. The Labute approximate surface area is 247 Å². The molecule has 2 saturated carbocycles. The molecule has 4 N–H and O–H groups in total. The largest absolute Gasteiger partial charge is 0.507 e. The summed E-state index contributed by atoms with van der Waals surface area (Å²) in [6.07, 6.45) is -0.0537. The number of nitrogens with two attached hydrogens (primary N) is 1. The normalized spacial score (nSPS) is 28.8. The second-order valence-corrected chi connectivity index (χ2v) is 13.0. The predicted octanol–water partition coefficient (Wildman–Crippen LogP) is 1.74. The summed E-state index contributed by atoms with van der Waals surface area (Å²) < 4.78 is 0. The van der Waals surface area contributed by atoms with Gasteiger partial charge in [0.2, 0.25) is 5.91 Å². The third kappa shape index (κ3) is 4.30. The zero-order chi connectivity index (χ0) is 31.9. The van der Waals surface area contributed by atoms with Crippen LogP contribution in [0.25, 0.3) is 11.1 Å². The van der Waals surface area contributed by atoms with Crippen molar-refractivity contribution in [1.29, 1.82) is 0 Å². The Balaban J connectivity index is 1.74. The van der Waals surface area contributed by atoms with E-state index in [1.165, 1.54) is 37.2 Å². The molecule has 0 bridgehead atoms. The van der Waals surface area contributed by atoms with E-state index in [0.29, 0.717) is 22.3 Å². The van der Waals surface area contributed by atoms with Crippen molar-refractivity contribution in [2.45, 2.75) is 50.7 Å². The van der Waals surface area contributed by atoms with Crippen LogP contribution < -0.4 is 5.73 Å². The molecule has 43 heavy (non-hydrogen) atoms. The van der Waals surface area contributed by atoms with Gasteiger partial charge >= 0.3 is 0 Å². The Kier molecular flexibility index (Phi) is 6.94. The molecule has 0 heterocycles. The van der Waals surface area contributed by atoms with Gasteiger partial charge < -0.3 is 15.9 Å². The molecule has 2 fully saturated rings. The van der Waals surface area contributed by atoms with Gasteiger partial charge in [-0.1, -0.05) is 32.9 Å². The zero-order valence-corrected chi connectivity index (χ0v) is 24.4. The summed E-state index contributed by atoms with van der Waals surface area (Å²) in [5.41, 5.74) is 3.16. The number of primary amides is 1. The molecule has 1 amide bonds. The number of nitrogens with zero attached hydrogens (tertiary/aromatic N) is 2. The van der Waals surface area contributed by atoms with Crippen LogP contribution >= 0.6 is 0 Å². The molecule has 12 heteroatoms. The number of hydrogen-bond acceptors (Lipinski definition) is 10. The van der Waals surface area contributed by atoms with Gasteiger partial charge in [0.25, 0.3) is 5.69 Å². The molecule has 2 unspecified atom stereocenters. The van der Waals surface area contributed by atoms with Gasteiger partial charge in [-0.3, -0.25) is 39.0 Å². The molecule has 226 valence electrons. The van der Waals surface area contributed by atoms with Crippen LogP contribution in [-0.4, -0.2) is 74.8 Å². The van der Waals surface area contributed by atoms with Crippen LogP contribution in [0.2, 0.25) is 0 Å². The molecule has 0 aromatic heterocycles. The van der Waals surface area contributed by atoms with Crippen molar-refractivity contribution in [1.82, 2.24) is 4.90 Å². The summed E-state index contributed by atoms with van der Waals surface area (Å²) in [5, 5.41) is 34.8. The van der Waals surface area contributed by atoms with Crippen molar-refractivity contribution >= 4 is 34.7 Å². The number of nitro groups is 1. The summed E-state index contributed by atoms with van der Waals surface area (Å²) in [6.45, 7) is 5.43. The lowest BCUT2D eigenvalue weighted by atomic mass is 9.52. The highest BCUT2D eigenvalue weighted by Crippen LogP contribution is 2.53. The Bertz CT molecular complexity index is 1640. The first kappa shape index (κ1) is 30.2. The van der Waals surface area contributed by atoms with Crippen molar-refractivity contribution in [3.8, 4) is 16.9 Å². The molecular formula is C31H33N3O9. The van der Waals surface area contributed by atoms with Crippen molar-refractivity contribution in [2.75, 3.05) is 14.1 Å². The number of non-ortho nitro benzene ring substituents is 1.